The summed E-state index contributed by atoms with van der Waals surface area (Å²) in [6.07, 6.45) is 1.08. The van der Waals surface area contributed by atoms with Crippen LogP contribution in [0.15, 0.2) is 30.7 Å². The summed E-state index contributed by atoms with van der Waals surface area (Å²) >= 11 is 5.82. The number of fused-ring (bicyclic) bond motifs is 2. The molecule has 13 heteroatoms. The Morgan fingerprint density at radius 1 is 1.18 bits per heavy atom. The van der Waals surface area contributed by atoms with Gasteiger partial charge in [0.1, 0.15) is 29.7 Å². The molecule has 9 nitrogen and oxygen atoms in total. The number of hydrogen-bond donors (Lipinski definition) is 4. The van der Waals surface area contributed by atoms with Crippen LogP contribution < -0.4 is 5.73 Å². The average Bonchev–Trinajstić information content (AvgIpc) is 3.54. The highest BCUT2D eigenvalue weighted by Gasteiger charge is 2.44. The van der Waals surface area contributed by atoms with Gasteiger partial charge in [-0.2, -0.15) is 13.2 Å². The van der Waals surface area contributed by atoms with Crippen molar-refractivity contribution in [2.75, 3.05) is 19.3 Å². The Balaban J connectivity index is 1.02. The molecule has 0 saturated heterocycles. The van der Waals surface area contributed by atoms with Gasteiger partial charge in [-0.1, -0.05) is 11.6 Å². The Morgan fingerprint density at radius 2 is 1.95 bits per heavy atom. The van der Waals surface area contributed by atoms with Crippen molar-refractivity contribution in [1.29, 1.82) is 0 Å². The molecule has 2 aliphatic rings. The number of aromatic nitrogens is 5. The van der Waals surface area contributed by atoms with Crippen LogP contribution in [-0.4, -0.2) is 71.5 Å². The van der Waals surface area contributed by atoms with Crippen LogP contribution in [0.25, 0.3) is 22.1 Å². The molecule has 6 rings (SSSR count). The Bertz CT molecular complexity index is 1530. The molecular formula is C27H31ClF3N7O2. The van der Waals surface area contributed by atoms with E-state index in [0.29, 0.717) is 59.7 Å². The topological polar surface area (TPSA) is 129 Å². The second-order valence-electron chi connectivity index (χ2n) is 11.3. The Hall–Kier alpha value is -2.93. The fourth-order valence-corrected chi connectivity index (χ4v) is 6.66. The van der Waals surface area contributed by atoms with Crippen molar-refractivity contribution >= 4 is 39.5 Å². The lowest BCUT2D eigenvalue weighted by Gasteiger charge is -2.42. The summed E-state index contributed by atoms with van der Waals surface area (Å²) in [5.41, 5.74) is 6.50. The van der Waals surface area contributed by atoms with Gasteiger partial charge in [0.25, 0.3) is 0 Å². The second-order valence-corrected chi connectivity index (χ2v) is 11.7. The summed E-state index contributed by atoms with van der Waals surface area (Å²) in [5, 5.41) is 22.1. The number of nitrogens with zero attached hydrogens (tertiary/aromatic N) is 5. The highest BCUT2D eigenvalue weighted by Crippen LogP contribution is 2.41. The molecule has 1 aromatic carbocycles. The molecule has 3 heterocycles. The van der Waals surface area contributed by atoms with E-state index in [0.717, 1.165) is 30.7 Å². The predicted octanol–water partition coefficient (Wildman–Crippen LogP) is 4.19. The molecule has 40 heavy (non-hydrogen) atoms. The van der Waals surface area contributed by atoms with E-state index in [1.54, 1.807) is 0 Å². The van der Waals surface area contributed by atoms with Crippen molar-refractivity contribution in [2.24, 2.45) is 11.8 Å². The Morgan fingerprint density at radius 3 is 2.70 bits per heavy atom. The molecule has 214 valence electrons. The van der Waals surface area contributed by atoms with Gasteiger partial charge in [0.15, 0.2) is 0 Å². The van der Waals surface area contributed by atoms with Crippen LogP contribution in [-0.2, 0) is 12.6 Å². The molecule has 2 saturated carbocycles. The minimum absolute atomic E-state index is 0.0929. The minimum atomic E-state index is -4.52. The normalized spacial score (nSPS) is 27.2. The number of anilines is 1. The molecule has 2 aliphatic carbocycles. The molecule has 0 radical (unpaired) electrons. The number of alkyl halides is 3. The first-order chi connectivity index (χ1) is 19.0. The number of aliphatic hydroxyl groups is 2. The largest absolute Gasteiger partial charge is 0.417 e. The first kappa shape index (κ1) is 27.3. The summed E-state index contributed by atoms with van der Waals surface area (Å²) in [7, 11) is 2.05. The number of halogens is 4. The van der Waals surface area contributed by atoms with E-state index < -0.39 is 23.9 Å². The molecule has 2 unspecified atom stereocenters. The van der Waals surface area contributed by atoms with Crippen LogP contribution in [0.3, 0.4) is 0 Å². The lowest BCUT2D eigenvalue weighted by molar-refractivity contribution is -0.137. The molecule has 0 bridgehead atoms. The van der Waals surface area contributed by atoms with Gasteiger partial charge in [-0.05, 0) is 56.8 Å². The number of nitrogens with one attached hydrogen (secondary N) is 1. The second kappa shape index (κ2) is 10.2. The molecular weight excluding hydrogens is 547 g/mol. The van der Waals surface area contributed by atoms with Gasteiger partial charge >= 0.3 is 6.18 Å². The number of benzene rings is 1. The third-order valence-corrected chi connectivity index (χ3v) is 9.05. The van der Waals surface area contributed by atoms with Gasteiger partial charge in [0, 0.05) is 31.1 Å². The number of imidazole rings is 1. The quantitative estimate of drug-likeness (QED) is 0.259. The predicted molar refractivity (Wildman–Crippen MR) is 145 cm³/mol. The summed E-state index contributed by atoms with van der Waals surface area (Å²) in [4.78, 5) is 18.1. The van der Waals surface area contributed by atoms with E-state index in [-0.39, 0.29) is 17.0 Å². The van der Waals surface area contributed by atoms with E-state index in [1.807, 2.05) is 23.9 Å². The Kier molecular flexibility index (Phi) is 6.92. The first-order valence-electron chi connectivity index (χ1n) is 13.4. The number of rotatable bonds is 7. The zero-order valence-corrected chi connectivity index (χ0v) is 22.6. The van der Waals surface area contributed by atoms with E-state index >= 15 is 0 Å². The van der Waals surface area contributed by atoms with Crippen LogP contribution >= 0.6 is 11.6 Å². The molecule has 0 amide bonds. The lowest BCUT2D eigenvalue weighted by atomic mass is 9.76. The third kappa shape index (κ3) is 4.91. The van der Waals surface area contributed by atoms with Gasteiger partial charge in [-0.25, -0.2) is 15.0 Å². The fraction of sp³-hybridized carbons (Fsp3) is 0.519. The van der Waals surface area contributed by atoms with Crippen LogP contribution in [0.2, 0.25) is 5.02 Å². The number of nitrogen functional groups attached to an aromatic ring is 1. The highest BCUT2D eigenvalue weighted by molar-refractivity contribution is 6.32. The van der Waals surface area contributed by atoms with E-state index in [2.05, 4.69) is 24.8 Å². The molecule has 2 fully saturated rings. The van der Waals surface area contributed by atoms with Crippen LogP contribution in [0.4, 0.5) is 19.0 Å². The molecule has 0 aliphatic heterocycles. The third-order valence-electron chi connectivity index (χ3n) is 8.74. The number of aliphatic hydroxyl groups excluding tert-OH is 2. The monoisotopic (exact) mass is 577 g/mol. The van der Waals surface area contributed by atoms with Crippen LogP contribution in [0.1, 0.15) is 43.1 Å². The van der Waals surface area contributed by atoms with Gasteiger partial charge in [0.2, 0.25) is 0 Å². The van der Waals surface area contributed by atoms with Crippen molar-refractivity contribution < 1.29 is 23.4 Å². The van der Waals surface area contributed by atoms with Crippen molar-refractivity contribution in [3.63, 3.8) is 0 Å². The highest BCUT2D eigenvalue weighted by atomic mass is 35.5. The zero-order chi connectivity index (χ0) is 28.3. The zero-order valence-electron chi connectivity index (χ0n) is 21.8. The van der Waals surface area contributed by atoms with Crippen LogP contribution in [0.5, 0.6) is 0 Å². The summed E-state index contributed by atoms with van der Waals surface area (Å²) < 4.78 is 41.4. The van der Waals surface area contributed by atoms with Crippen molar-refractivity contribution in [2.45, 2.75) is 62.6 Å². The number of H-pyrrole nitrogens is 1. The van der Waals surface area contributed by atoms with E-state index in [1.165, 1.54) is 12.4 Å². The van der Waals surface area contributed by atoms with Crippen molar-refractivity contribution in [3.05, 3.63) is 47.1 Å². The van der Waals surface area contributed by atoms with Gasteiger partial charge in [-0.15, -0.1) is 0 Å². The SMILES string of the molecule is CN(CC1CC(n2ccc3c(N)ncnc32)[C@H](O)[C@@H]1O)C1CC(CCc2nc3cc(Cl)c(C(F)(F)F)cc3[nH]2)C1. The van der Waals surface area contributed by atoms with E-state index in [9.17, 15) is 23.4 Å². The van der Waals surface area contributed by atoms with Crippen molar-refractivity contribution in [3.8, 4) is 0 Å². The number of aromatic amines is 1. The summed E-state index contributed by atoms with van der Waals surface area (Å²) in [5.74, 6) is 1.43. The summed E-state index contributed by atoms with van der Waals surface area (Å²) in [6, 6.07) is 4.17. The maximum Gasteiger partial charge on any atom is 0.417 e. The maximum atomic E-state index is 13.2. The van der Waals surface area contributed by atoms with Gasteiger partial charge in [-0.3, -0.25) is 0 Å². The molecule has 4 atom stereocenters. The molecule has 0 spiro atoms. The molecule has 3 aromatic heterocycles. The van der Waals surface area contributed by atoms with Gasteiger partial charge in [0.05, 0.1) is 39.2 Å². The van der Waals surface area contributed by atoms with Gasteiger partial charge < -0.3 is 30.4 Å². The number of nitrogens with two attached hydrogens (primary N) is 1. The molecule has 4 aromatic rings. The maximum absolute atomic E-state index is 13.2. The lowest BCUT2D eigenvalue weighted by Crippen LogP contribution is -2.46. The standard InChI is InChI=1S/C27H31ClF3N7O2/c1-37(11-14-8-21(24(40)23(14)39)38-5-4-16-25(32)33-12-34-26(16)38)15-6-13(7-15)2-3-22-35-19-9-17(27(29,30)31)18(28)10-20(19)36-22/h4-5,9-10,12-15,21,23-24,39-40H,2-3,6-8,11H2,1H3,(H,35,36)(H2,32,33,34)/t13?,14?,15?,21?,23-,24+/m1/s1. The first-order valence-corrected chi connectivity index (χ1v) is 13.8. The molecule has 5 N–H and O–H groups in total. The summed E-state index contributed by atoms with van der Waals surface area (Å²) in [6.45, 7) is 0.661. The number of aryl methyl sites for hydroxylation is 1. The smallest absolute Gasteiger partial charge is 0.390 e. The number of hydrogen-bond acceptors (Lipinski definition) is 7. The minimum Gasteiger partial charge on any atom is -0.390 e. The average molecular weight is 578 g/mol. The van der Waals surface area contributed by atoms with Crippen molar-refractivity contribution in [1.82, 2.24) is 29.4 Å². The van der Waals surface area contributed by atoms with Crippen LogP contribution in [0, 0.1) is 11.8 Å². The Labute approximate surface area is 233 Å². The van der Waals surface area contributed by atoms with E-state index in [4.69, 9.17) is 17.3 Å². The fourth-order valence-electron chi connectivity index (χ4n) is 6.39.